The summed E-state index contributed by atoms with van der Waals surface area (Å²) in [7, 11) is 1.23. The minimum absolute atomic E-state index is 0. The highest BCUT2D eigenvalue weighted by molar-refractivity contribution is 7.99. The SMILES string of the molecule is COC(=O)C(N)CSc1nonc1/C(=N\O)Nc1ccc(F)c(Cl)c1.Cl. The van der Waals surface area contributed by atoms with Crippen LogP contribution in [0.25, 0.3) is 0 Å². The number of hydrogen-bond acceptors (Lipinski definition) is 9. The molecule has 0 fully saturated rings. The third-order valence-electron chi connectivity index (χ3n) is 2.87. The number of amidine groups is 1. The molecule has 0 spiro atoms. The predicted octanol–water partition coefficient (Wildman–Crippen LogP) is 2.12. The van der Waals surface area contributed by atoms with Gasteiger partial charge >= 0.3 is 5.97 Å². The van der Waals surface area contributed by atoms with Crippen molar-refractivity contribution in [3.63, 3.8) is 0 Å². The number of benzene rings is 1. The summed E-state index contributed by atoms with van der Waals surface area (Å²) in [6, 6.07) is 2.96. The van der Waals surface area contributed by atoms with Crippen molar-refractivity contribution in [1.29, 1.82) is 0 Å². The van der Waals surface area contributed by atoms with E-state index in [9.17, 15) is 14.4 Å². The lowest BCUT2D eigenvalue weighted by molar-refractivity contribution is -0.141. The molecule has 142 valence electrons. The molecule has 0 amide bonds. The lowest BCUT2D eigenvalue weighted by Crippen LogP contribution is -2.33. The van der Waals surface area contributed by atoms with Gasteiger partial charge in [0.25, 0.3) is 0 Å². The molecule has 1 unspecified atom stereocenters. The first-order valence-corrected chi connectivity index (χ1v) is 8.06. The summed E-state index contributed by atoms with van der Waals surface area (Å²) >= 11 is 6.75. The molecule has 0 radical (unpaired) electrons. The molecule has 9 nitrogen and oxygen atoms in total. The van der Waals surface area contributed by atoms with Gasteiger partial charge in [0.1, 0.15) is 11.9 Å². The first kappa shape index (κ1) is 22.0. The van der Waals surface area contributed by atoms with Crippen molar-refractivity contribution in [1.82, 2.24) is 10.3 Å². The third kappa shape index (κ3) is 5.46. The average molecular weight is 426 g/mol. The lowest BCUT2D eigenvalue weighted by atomic mass is 10.3. The number of thioether (sulfide) groups is 1. The number of hydrogen-bond donors (Lipinski definition) is 3. The van der Waals surface area contributed by atoms with Crippen LogP contribution in [0.3, 0.4) is 0 Å². The molecule has 0 saturated heterocycles. The fraction of sp³-hybridized carbons (Fsp3) is 0.231. The van der Waals surface area contributed by atoms with Gasteiger partial charge in [0, 0.05) is 11.4 Å². The van der Waals surface area contributed by atoms with E-state index in [0.717, 1.165) is 17.8 Å². The summed E-state index contributed by atoms with van der Waals surface area (Å²) in [6.45, 7) is 0. The number of nitrogens with one attached hydrogen (secondary N) is 1. The number of nitrogens with two attached hydrogens (primary N) is 1. The smallest absolute Gasteiger partial charge is 0.323 e. The molecule has 0 aliphatic heterocycles. The van der Waals surface area contributed by atoms with Crippen molar-refractivity contribution in [2.75, 3.05) is 18.2 Å². The second-order valence-corrected chi connectivity index (χ2v) is 5.98. The summed E-state index contributed by atoms with van der Waals surface area (Å²) < 4.78 is 22.4. The molecule has 2 rings (SSSR count). The first-order chi connectivity index (χ1) is 12.0. The van der Waals surface area contributed by atoms with E-state index in [-0.39, 0.29) is 39.7 Å². The molecule has 0 aliphatic carbocycles. The number of ether oxygens (including phenoxy) is 1. The third-order valence-corrected chi connectivity index (χ3v) is 4.23. The number of methoxy groups -OCH3 is 1. The van der Waals surface area contributed by atoms with Gasteiger partial charge in [0.2, 0.25) is 5.84 Å². The summed E-state index contributed by atoms with van der Waals surface area (Å²) in [6.07, 6.45) is 0. The van der Waals surface area contributed by atoms with Gasteiger partial charge in [-0.25, -0.2) is 9.02 Å². The summed E-state index contributed by atoms with van der Waals surface area (Å²) in [5.74, 6) is -1.15. The van der Waals surface area contributed by atoms with E-state index in [1.807, 2.05) is 0 Å². The zero-order chi connectivity index (χ0) is 18.4. The number of aromatic nitrogens is 2. The minimum atomic E-state index is -0.877. The Hall–Kier alpha value is -2.08. The number of esters is 1. The number of rotatable bonds is 6. The van der Waals surface area contributed by atoms with E-state index in [2.05, 4.69) is 30.2 Å². The highest BCUT2D eigenvalue weighted by atomic mass is 35.5. The van der Waals surface area contributed by atoms with Crippen molar-refractivity contribution >= 4 is 53.3 Å². The van der Waals surface area contributed by atoms with Crippen LogP contribution in [0.4, 0.5) is 10.1 Å². The monoisotopic (exact) mass is 425 g/mol. The standard InChI is InChI=1S/C13H13ClFN5O4S.ClH/c1-23-13(21)9(16)5-25-12-10(19-24-20-12)11(18-22)17-6-2-3-8(15)7(14)4-6;/h2-4,9,22H,5,16H2,1H3,(H,17,18);1H. The van der Waals surface area contributed by atoms with Gasteiger partial charge in [-0.05, 0) is 28.5 Å². The van der Waals surface area contributed by atoms with Crippen LogP contribution in [0, 0.1) is 5.82 Å². The van der Waals surface area contributed by atoms with Crippen molar-refractivity contribution in [2.45, 2.75) is 11.1 Å². The van der Waals surface area contributed by atoms with Gasteiger partial charge < -0.3 is 21.0 Å². The number of carbonyl (C=O) groups is 1. The molecular formula is C13H14Cl2FN5O4S. The van der Waals surface area contributed by atoms with E-state index in [0.29, 0.717) is 5.69 Å². The van der Waals surface area contributed by atoms with Gasteiger partial charge in [-0.2, -0.15) is 0 Å². The van der Waals surface area contributed by atoms with Crippen LogP contribution < -0.4 is 11.1 Å². The molecule has 1 atom stereocenters. The topological polar surface area (TPSA) is 136 Å². The second-order valence-electron chi connectivity index (χ2n) is 4.56. The Morgan fingerprint density at radius 2 is 2.31 bits per heavy atom. The van der Waals surface area contributed by atoms with Gasteiger partial charge in [0.05, 0.1) is 12.1 Å². The van der Waals surface area contributed by atoms with Crippen LogP contribution in [0.5, 0.6) is 0 Å². The number of carbonyl (C=O) groups excluding carboxylic acids is 1. The fourth-order valence-corrected chi connectivity index (χ4v) is 2.66. The average Bonchev–Trinajstić information content (AvgIpc) is 3.08. The van der Waals surface area contributed by atoms with Gasteiger partial charge in [0.15, 0.2) is 10.7 Å². The van der Waals surface area contributed by atoms with Crippen LogP contribution >= 0.6 is 35.8 Å². The van der Waals surface area contributed by atoms with E-state index in [1.54, 1.807) is 0 Å². The van der Waals surface area contributed by atoms with Gasteiger partial charge in [-0.15, -0.1) is 12.4 Å². The number of halogens is 3. The Morgan fingerprint density at radius 3 is 2.92 bits per heavy atom. The zero-order valence-electron chi connectivity index (χ0n) is 13.2. The van der Waals surface area contributed by atoms with Crippen molar-refractivity contribution in [2.24, 2.45) is 10.9 Å². The first-order valence-electron chi connectivity index (χ1n) is 6.69. The van der Waals surface area contributed by atoms with Gasteiger partial charge in [-0.1, -0.05) is 28.5 Å². The largest absolute Gasteiger partial charge is 0.468 e. The normalized spacial score (nSPS) is 12.2. The van der Waals surface area contributed by atoms with Crippen LogP contribution in [0.15, 0.2) is 33.0 Å². The lowest BCUT2D eigenvalue weighted by Gasteiger charge is -2.09. The van der Waals surface area contributed by atoms with Crippen LogP contribution in [0.2, 0.25) is 5.02 Å². The summed E-state index contributed by atoms with van der Waals surface area (Å²) in [4.78, 5) is 11.3. The van der Waals surface area contributed by atoms with Crippen molar-refractivity contribution < 1.29 is 23.8 Å². The minimum Gasteiger partial charge on any atom is -0.468 e. The van der Waals surface area contributed by atoms with Gasteiger partial charge in [-0.3, -0.25) is 4.79 Å². The van der Waals surface area contributed by atoms with Crippen molar-refractivity contribution in [3.05, 3.63) is 34.7 Å². The molecule has 1 aromatic heterocycles. The van der Waals surface area contributed by atoms with E-state index < -0.39 is 17.8 Å². The zero-order valence-corrected chi connectivity index (χ0v) is 15.6. The molecule has 0 aliphatic rings. The highest BCUT2D eigenvalue weighted by Gasteiger charge is 2.21. The van der Waals surface area contributed by atoms with Crippen LogP contribution in [0.1, 0.15) is 5.69 Å². The van der Waals surface area contributed by atoms with E-state index in [4.69, 9.17) is 17.3 Å². The summed E-state index contributed by atoms with van der Waals surface area (Å²) in [5, 5.41) is 22.4. The maximum atomic E-state index is 13.2. The van der Waals surface area contributed by atoms with Crippen molar-refractivity contribution in [3.8, 4) is 0 Å². The maximum Gasteiger partial charge on any atom is 0.323 e. The Balaban J connectivity index is 0.00000338. The molecule has 26 heavy (non-hydrogen) atoms. The summed E-state index contributed by atoms with van der Waals surface area (Å²) in [5.41, 5.74) is 6.06. The molecule has 13 heteroatoms. The Labute approximate surface area is 162 Å². The molecule has 1 aromatic carbocycles. The predicted molar refractivity (Wildman–Crippen MR) is 95.6 cm³/mol. The number of oxime groups is 1. The maximum absolute atomic E-state index is 13.2. The van der Waals surface area contributed by atoms with Crippen LogP contribution in [-0.2, 0) is 9.53 Å². The number of anilines is 1. The van der Waals surface area contributed by atoms with E-state index >= 15 is 0 Å². The Bertz CT molecular complexity index is 792. The second kappa shape index (κ2) is 10.2. The Morgan fingerprint density at radius 1 is 1.58 bits per heavy atom. The number of nitrogens with zero attached hydrogens (tertiary/aromatic N) is 3. The molecule has 0 saturated carbocycles. The molecule has 4 N–H and O–H groups in total. The molecule has 0 bridgehead atoms. The fourth-order valence-electron chi connectivity index (χ4n) is 1.65. The quantitative estimate of drug-likeness (QED) is 0.158. The highest BCUT2D eigenvalue weighted by Crippen LogP contribution is 2.23. The molecule has 1 heterocycles. The molecular weight excluding hydrogens is 412 g/mol. The Kier molecular flexibility index (Phi) is 8.58. The van der Waals surface area contributed by atoms with E-state index in [1.165, 1.54) is 19.2 Å². The van der Waals surface area contributed by atoms with Crippen LogP contribution in [-0.4, -0.2) is 46.2 Å². The molecule has 2 aromatic rings.